The number of nitro groups is 1. The molecule has 0 saturated heterocycles. The molecule has 0 radical (unpaired) electrons. The molecule has 0 bridgehead atoms. The van der Waals surface area contributed by atoms with Crippen molar-refractivity contribution < 1.29 is 4.92 Å². The molecule has 1 aromatic carbocycles. The second kappa shape index (κ2) is 6.80. The number of thiophene rings is 1. The van der Waals surface area contributed by atoms with Gasteiger partial charge in [0.1, 0.15) is 0 Å². The number of halogens is 2. The Balaban J connectivity index is 2.32. The Morgan fingerprint density at radius 3 is 2.65 bits per heavy atom. The second-order valence-electron chi connectivity index (χ2n) is 4.21. The van der Waals surface area contributed by atoms with Gasteiger partial charge in [0.25, 0.3) is 5.69 Å². The van der Waals surface area contributed by atoms with E-state index in [0.717, 1.165) is 18.7 Å². The molecule has 0 aliphatic heterocycles. The molecule has 0 aliphatic carbocycles. The number of hydrogen-bond donors (Lipinski definition) is 1. The Bertz CT molecular complexity index is 631. The Labute approximate surface area is 137 Å². The van der Waals surface area contributed by atoms with Crippen LogP contribution in [0.1, 0.15) is 17.2 Å². The zero-order valence-corrected chi connectivity index (χ0v) is 14.6. The lowest BCUT2D eigenvalue weighted by Crippen LogP contribution is -2.19. The molecule has 1 N–H and O–H groups in total. The molecule has 2 rings (SSSR count). The highest BCUT2D eigenvalue weighted by molar-refractivity contribution is 9.12. The van der Waals surface area contributed by atoms with Crippen LogP contribution in [0.5, 0.6) is 0 Å². The Kier molecular flexibility index (Phi) is 5.31. The number of nitrogens with one attached hydrogen (secondary N) is 1. The van der Waals surface area contributed by atoms with E-state index in [0.29, 0.717) is 6.42 Å². The number of likely N-dealkylation sites (N-methyl/N-ethyl adjacent to an activating group) is 1. The van der Waals surface area contributed by atoms with Gasteiger partial charge in [-0.1, -0.05) is 18.2 Å². The average molecular weight is 420 g/mol. The van der Waals surface area contributed by atoms with Crippen molar-refractivity contribution in [3.63, 3.8) is 0 Å². The summed E-state index contributed by atoms with van der Waals surface area (Å²) < 4.78 is 2.06. The molecule has 0 amide bonds. The summed E-state index contributed by atoms with van der Waals surface area (Å²) in [5.41, 5.74) is 1.99. The van der Waals surface area contributed by atoms with E-state index in [1.165, 1.54) is 0 Å². The smallest absolute Gasteiger partial charge is 0.272 e. The molecule has 1 heterocycles. The molecule has 0 spiro atoms. The Morgan fingerprint density at radius 2 is 2.10 bits per heavy atom. The molecule has 7 heteroatoms. The summed E-state index contributed by atoms with van der Waals surface area (Å²) in [6.45, 7) is 0. The third-order valence-electron chi connectivity index (χ3n) is 3.02. The molecule has 1 unspecified atom stereocenters. The van der Waals surface area contributed by atoms with Gasteiger partial charge in [-0.2, -0.15) is 0 Å². The van der Waals surface area contributed by atoms with Gasteiger partial charge in [0.2, 0.25) is 0 Å². The third kappa shape index (κ3) is 3.46. The van der Waals surface area contributed by atoms with Crippen LogP contribution in [0, 0.1) is 10.1 Å². The molecule has 4 nitrogen and oxygen atoms in total. The third-order valence-corrected chi connectivity index (χ3v) is 5.41. The summed E-state index contributed by atoms with van der Waals surface area (Å²) in [7, 11) is 1.86. The predicted octanol–water partition coefficient (Wildman–Crippen LogP) is 4.68. The van der Waals surface area contributed by atoms with E-state index in [4.69, 9.17) is 0 Å². The first-order valence-electron chi connectivity index (χ1n) is 5.87. The fraction of sp³-hybridized carbons (Fsp3) is 0.231. The van der Waals surface area contributed by atoms with Gasteiger partial charge in [0.15, 0.2) is 0 Å². The highest BCUT2D eigenvalue weighted by Gasteiger charge is 2.20. The first-order valence-corrected chi connectivity index (χ1v) is 8.27. The predicted molar refractivity (Wildman–Crippen MR) is 88.3 cm³/mol. The molecule has 106 valence electrons. The van der Waals surface area contributed by atoms with Gasteiger partial charge in [0.05, 0.1) is 12.5 Å². The van der Waals surface area contributed by atoms with Crippen LogP contribution in [0.2, 0.25) is 0 Å². The quantitative estimate of drug-likeness (QED) is 0.565. The van der Waals surface area contributed by atoms with E-state index in [2.05, 4.69) is 37.2 Å². The zero-order valence-electron chi connectivity index (χ0n) is 10.6. The van der Waals surface area contributed by atoms with Crippen molar-refractivity contribution in [2.75, 3.05) is 7.05 Å². The SMILES string of the molecule is CNC(Cc1ccccc1[N+](=O)[O-])c1cc(Br)sc1Br. The molecule has 1 aromatic heterocycles. The second-order valence-corrected chi connectivity index (χ2v) is 7.96. The highest BCUT2D eigenvalue weighted by Crippen LogP contribution is 2.37. The minimum absolute atomic E-state index is 0.0213. The maximum Gasteiger partial charge on any atom is 0.272 e. The maximum absolute atomic E-state index is 11.1. The van der Waals surface area contributed by atoms with Gasteiger partial charge < -0.3 is 5.32 Å². The summed E-state index contributed by atoms with van der Waals surface area (Å²) >= 11 is 8.58. The van der Waals surface area contributed by atoms with E-state index >= 15 is 0 Å². The van der Waals surface area contributed by atoms with E-state index in [1.54, 1.807) is 29.5 Å². The van der Waals surface area contributed by atoms with Gasteiger partial charge in [-0.3, -0.25) is 10.1 Å². The molecular formula is C13H12Br2N2O2S. The number of rotatable bonds is 5. The van der Waals surface area contributed by atoms with Crippen molar-refractivity contribution in [2.45, 2.75) is 12.5 Å². The fourth-order valence-corrected chi connectivity index (χ4v) is 5.01. The lowest BCUT2D eigenvalue weighted by atomic mass is 10.00. The molecule has 0 saturated carbocycles. The molecule has 1 atom stereocenters. The first kappa shape index (κ1) is 15.6. The molecular weight excluding hydrogens is 408 g/mol. The standard InChI is InChI=1S/C13H12Br2N2O2S/c1-16-10(9-7-12(14)20-13(9)15)6-8-4-2-3-5-11(8)17(18)19/h2-5,7,10,16H,6H2,1H3. The number of para-hydroxylation sites is 1. The average Bonchev–Trinajstić information content (AvgIpc) is 2.75. The van der Waals surface area contributed by atoms with Crippen LogP contribution < -0.4 is 5.32 Å². The van der Waals surface area contributed by atoms with E-state index in [-0.39, 0.29) is 16.7 Å². The van der Waals surface area contributed by atoms with Crippen LogP contribution in [0.25, 0.3) is 0 Å². The van der Waals surface area contributed by atoms with Crippen molar-refractivity contribution in [1.82, 2.24) is 5.32 Å². The zero-order chi connectivity index (χ0) is 14.7. The molecule has 0 fully saturated rings. The molecule has 20 heavy (non-hydrogen) atoms. The van der Waals surface area contributed by atoms with Gasteiger partial charge in [0, 0.05) is 17.7 Å². The van der Waals surface area contributed by atoms with Crippen molar-refractivity contribution in [3.05, 3.63) is 59.1 Å². The number of nitrogens with zero attached hydrogens (tertiary/aromatic N) is 1. The van der Waals surface area contributed by atoms with E-state index in [1.807, 2.05) is 19.2 Å². The van der Waals surface area contributed by atoms with Crippen molar-refractivity contribution in [3.8, 4) is 0 Å². The van der Waals surface area contributed by atoms with Gasteiger partial charge in [-0.15, -0.1) is 11.3 Å². The summed E-state index contributed by atoms with van der Waals surface area (Å²) in [5, 5.41) is 14.3. The minimum atomic E-state index is -0.333. The topological polar surface area (TPSA) is 55.2 Å². The van der Waals surface area contributed by atoms with Gasteiger partial charge in [-0.25, -0.2) is 0 Å². The number of benzene rings is 1. The largest absolute Gasteiger partial charge is 0.313 e. The molecule has 0 aliphatic rings. The number of hydrogen-bond acceptors (Lipinski definition) is 4. The molecule has 2 aromatic rings. The first-order chi connectivity index (χ1) is 9.52. The maximum atomic E-state index is 11.1. The van der Waals surface area contributed by atoms with Crippen molar-refractivity contribution in [2.24, 2.45) is 0 Å². The van der Waals surface area contributed by atoms with Crippen LogP contribution in [0.4, 0.5) is 5.69 Å². The van der Waals surface area contributed by atoms with Crippen molar-refractivity contribution in [1.29, 1.82) is 0 Å². The summed E-state index contributed by atoms with van der Waals surface area (Å²) in [6, 6.07) is 8.91. The van der Waals surface area contributed by atoms with E-state index in [9.17, 15) is 10.1 Å². The highest BCUT2D eigenvalue weighted by atomic mass is 79.9. The van der Waals surface area contributed by atoms with Crippen LogP contribution in [0.3, 0.4) is 0 Å². The lowest BCUT2D eigenvalue weighted by Gasteiger charge is -2.16. The van der Waals surface area contributed by atoms with Crippen LogP contribution in [-0.2, 0) is 6.42 Å². The fourth-order valence-electron chi connectivity index (χ4n) is 2.04. The van der Waals surface area contributed by atoms with Gasteiger partial charge in [-0.05, 0) is 57.0 Å². The summed E-state index contributed by atoms with van der Waals surface area (Å²) in [6.07, 6.45) is 0.565. The normalized spacial score (nSPS) is 12.3. The Morgan fingerprint density at radius 1 is 1.40 bits per heavy atom. The minimum Gasteiger partial charge on any atom is -0.313 e. The monoisotopic (exact) mass is 418 g/mol. The Hall–Kier alpha value is -0.760. The van der Waals surface area contributed by atoms with Gasteiger partial charge >= 0.3 is 0 Å². The van der Waals surface area contributed by atoms with Crippen LogP contribution >= 0.6 is 43.2 Å². The summed E-state index contributed by atoms with van der Waals surface area (Å²) in [5.74, 6) is 0. The van der Waals surface area contributed by atoms with Crippen LogP contribution in [0.15, 0.2) is 37.9 Å². The van der Waals surface area contributed by atoms with E-state index < -0.39 is 0 Å². The summed E-state index contributed by atoms with van der Waals surface area (Å²) in [4.78, 5) is 10.7. The number of nitro benzene ring substituents is 1. The van der Waals surface area contributed by atoms with Crippen LogP contribution in [-0.4, -0.2) is 12.0 Å². The van der Waals surface area contributed by atoms with Crippen molar-refractivity contribution >= 4 is 48.9 Å². The lowest BCUT2D eigenvalue weighted by molar-refractivity contribution is -0.385.